The van der Waals surface area contributed by atoms with E-state index in [9.17, 15) is 10.1 Å². The zero-order valence-corrected chi connectivity index (χ0v) is 16.3. The molecule has 2 aliphatic rings. The number of benzene rings is 1. The van der Waals surface area contributed by atoms with Crippen molar-refractivity contribution >= 4 is 23.4 Å². The third-order valence-corrected chi connectivity index (χ3v) is 5.87. The van der Waals surface area contributed by atoms with Gasteiger partial charge in [0, 0.05) is 17.4 Å². The van der Waals surface area contributed by atoms with Crippen molar-refractivity contribution in [1.82, 2.24) is 4.98 Å². The van der Waals surface area contributed by atoms with Gasteiger partial charge in [0.2, 0.25) is 12.7 Å². The Hall–Kier alpha value is -2.72. The van der Waals surface area contributed by atoms with E-state index in [1.54, 1.807) is 18.2 Å². The summed E-state index contributed by atoms with van der Waals surface area (Å²) in [4.78, 5) is 17.1. The van der Waals surface area contributed by atoms with Crippen molar-refractivity contribution in [3.05, 3.63) is 41.1 Å². The molecule has 6 nitrogen and oxygen atoms in total. The van der Waals surface area contributed by atoms with Gasteiger partial charge in [-0.2, -0.15) is 5.26 Å². The van der Waals surface area contributed by atoms with E-state index < -0.39 is 0 Å². The Balaban J connectivity index is 1.43. The Morgan fingerprint density at radius 3 is 2.82 bits per heavy atom. The number of hydrogen-bond donors (Lipinski definition) is 1. The minimum atomic E-state index is -0.152. The maximum Gasteiger partial charge on any atom is 0.234 e. The monoisotopic (exact) mass is 395 g/mol. The van der Waals surface area contributed by atoms with E-state index in [4.69, 9.17) is 14.5 Å². The molecule has 0 radical (unpaired) electrons. The van der Waals surface area contributed by atoms with Crippen LogP contribution in [-0.2, 0) is 17.6 Å². The highest BCUT2D eigenvalue weighted by Gasteiger charge is 2.17. The Bertz CT molecular complexity index is 939. The number of pyridine rings is 1. The first-order valence-electron chi connectivity index (χ1n) is 9.48. The largest absolute Gasteiger partial charge is 0.454 e. The SMILES string of the molecule is N#Cc1cc2c(nc1SCC(=O)Nc1ccc3c(c1)OCO3)CCCCCC2. The molecule has 1 N–H and O–H groups in total. The fourth-order valence-corrected chi connectivity index (χ4v) is 4.24. The van der Waals surface area contributed by atoms with Gasteiger partial charge in [-0.15, -0.1) is 0 Å². The first-order chi connectivity index (χ1) is 13.7. The zero-order chi connectivity index (χ0) is 19.3. The molecule has 1 aliphatic carbocycles. The first kappa shape index (κ1) is 18.6. The number of ether oxygens (including phenoxy) is 2. The van der Waals surface area contributed by atoms with Gasteiger partial charge in [0.05, 0.1) is 11.3 Å². The predicted octanol–water partition coefficient (Wildman–Crippen LogP) is 4.07. The minimum Gasteiger partial charge on any atom is -0.454 e. The molecule has 0 spiro atoms. The van der Waals surface area contributed by atoms with Crippen LogP contribution in [0.25, 0.3) is 0 Å². The summed E-state index contributed by atoms with van der Waals surface area (Å²) in [6, 6.07) is 9.50. The van der Waals surface area contributed by atoms with Gasteiger partial charge >= 0.3 is 0 Å². The van der Waals surface area contributed by atoms with E-state index in [0.717, 1.165) is 31.4 Å². The van der Waals surface area contributed by atoms with E-state index in [-0.39, 0.29) is 18.5 Å². The maximum atomic E-state index is 12.4. The molecular formula is C21H21N3O3S. The third kappa shape index (κ3) is 4.23. The van der Waals surface area contributed by atoms with Crippen molar-refractivity contribution in [2.75, 3.05) is 17.9 Å². The zero-order valence-electron chi connectivity index (χ0n) is 15.5. The van der Waals surface area contributed by atoms with E-state index in [1.807, 2.05) is 6.07 Å². The number of fused-ring (bicyclic) bond motifs is 2. The summed E-state index contributed by atoms with van der Waals surface area (Å²) in [5, 5.41) is 13.0. The van der Waals surface area contributed by atoms with Crippen molar-refractivity contribution in [1.29, 1.82) is 5.26 Å². The van der Waals surface area contributed by atoms with Crippen LogP contribution in [0.3, 0.4) is 0 Å². The van der Waals surface area contributed by atoms with Crippen LogP contribution in [0.15, 0.2) is 29.3 Å². The number of anilines is 1. The fourth-order valence-electron chi connectivity index (χ4n) is 3.46. The second-order valence-electron chi connectivity index (χ2n) is 6.88. The van der Waals surface area contributed by atoms with E-state index in [0.29, 0.717) is 27.8 Å². The summed E-state index contributed by atoms with van der Waals surface area (Å²) < 4.78 is 10.6. The lowest BCUT2D eigenvalue weighted by Gasteiger charge is -2.15. The van der Waals surface area contributed by atoms with Crippen LogP contribution < -0.4 is 14.8 Å². The lowest BCUT2D eigenvalue weighted by Crippen LogP contribution is -2.14. The molecule has 0 unspecified atom stereocenters. The van der Waals surface area contributed by atoms with Gasteiger partial charge in [-0.1, -0.05) is 24.6 Å². The van der Waals surface area contributed by atoms with Gasteiger partial charge in [-0.05, 0) is 49.4 Å². The normalized spacial score (nSPS) is 15.1. The van der Waals surface area contributed by atoms with Crippen LogP contribution in [0.2, 0.25) is 0 Å². The molecule has 1 aliphatic heterocycles. The molecule has 7 heteroatoms. The molecule has 0 atom stereocenters. The van der Waals surface area contributed by atoms with Gasteiger partial charge in [0.1, 0.15) is 11.1 Å². The highest BCUT2D eigenvalue weighted by molar-refractivity contribution is 8.00. The van der Waals surface area contributed by atoms with E-state index >= 15 is 0 Å². The van der Waals surface area contributed by atoms with Crippen molar-refractivity contribution in [3.63, 3.8) is 0 Å². The summed E-state index contributed by atoms with van der Waals surface area (Å²) in [6.45, 7) is 0.198. The van der Waals surface area contributed by atoms with Gasteiger partial charge in [-0.25, -0.2) is 4.98 Å². The molecule has 0 saturated carbocycles. The number of thioether (sulfide) groups is 1. The number of rotatable bonds is 4. The summed E-state index contributed by atoms with van der Waals surface area (Å²) in [5.74, 6) is 1.34. The van der Waals surface area contributed by atoms with E-state index in [1.165, 1.54) is 30.2 Å². The van der Waals surface area contributed by atoms with Crippen LogP contribution in [0.1, 0.15) is 42.5 Å². The number of nitrogens with one attached hydrogen (secondary N) is 1. The molecule has 0 bridgehead atoms. The first-order valence-corrected chi connectivity index (χ1v) is 10.5. The van der Waals surface area contributed by atoms with Crippen LogP contribution in [0, 0.1) is 11.3 Å². The molecule has 144 valence electrons. The summed E-state index contributed by atoms with van der Waals surface area (Å²) in [6.07, 6.45) is 6.65. The maximum absolute atomic E-state index is 12.4. The standard InChI is InChI=1S/C21H21N3O3S/c22-11-15-9-14-5-3-1-2-4-6-17(14)24-21(15)28-12-20(25)23-16-7-8-18-19(10-16)27-13-26-18/h7-10H,1-6,12-13H2,(H,23,25). The Labute approximate surface area is 168 Å². The molecule has 1 amide bonds. The number of amides is 1. The third-order valence-electron chi connectivity index (χ3n) is 4.88. The summed E-state index contributed by atoms with van der Waals surface area (Å²) in [7, 11) is 0. The Morgan fingerprint density at radius 1 is 1.14 bits per heavy atom. The average molecular weight is 395 g/mol. The van der Waals surface area contributed by atoms with E-state index in [2.05, 4.69) is 11.4 Å². The Kier molecular flexibility index (Phi) is 5.68. The molecule has 28 heavy (non-hydrogen) atoms. The molecule has 2 aromatic rings. The number of nitriles is 1. The number of aryl methyl sites for hydroxylation is 2. The van der Waals surface area contributed by atoms with Crippen molar-refractivity contribution < 1.29 is 14.3 Å². The van der Waals surface area contributed by atoms with Crippen LogP contribution in [-0.4, -0.2) is 23.4 Å². The van der Waals surface area contributed by atoms with Gasteiger partial charge in [-0.3, -0.25) is 4.79 Å². The smallest absolute Gasteiger partial charge is 0.234 e. The van der Waals surface area contributed by atoms with Gasteiger partial charge in [0.25, 0.3) is 0 Å². The molecule has 2 heterocycles. The lowest BCUT2D eigenvalue weighted by molar-refractivity contribution is -0.113. The number of carbonyl (C=O) groups excluding carboxylic acids is 1. The summed E-state index contributed by atoms with van der Waals surface area (Å²) in [5.41, 5.74) is 3.48. The van der Waals surface area contributed by atoms with Crippen LogP contribution in [0.4, 0.5) is 5.69 Å². The van der Waals surface area contributed by atoms with Crippen molar-refractivity contribution in [2.45, 2.75) is 43.6 Å². The molecule has 0 saturated heterocycles. The van der Waals surface area contributed by atoms with Crippen LogP contribution in [0.5, 0.6) is 11.5 Å². The topological polar surface area (TPSA) is 84.2 Å². The summed E-state index contributed by atoms with van der Waals surface area (Å²) >= 11 is 1.31. The lowest BCUT2D eigenvalue weighted by atomic mass is 9.96. The highest BCUT2D eigenvalue weighted by Crippen LogP contribution is 2.34. The minimum absolute atomic E-state index is 0.152. The number of carbonyl (C=O) groups is 1. The molecule has 4 rings (SSSR count). The quantitative estimate of drug-likeness (QED) is 0.786. The highest BCUT2D eigenvalue weighted by atomic mass is 32.2. The van der Waals surface area contributed by atoms with Crippen LogP contribution >= 0.6 is 11.8 Å². The molecule has 1 aromatic heterocycles. The average Bonchev–Trinajstić information content (AvgIpc) is 3.14. The van der Waals surface area contributed by atoms with Crippen molar-refractivity contribution in [3.8, 4) is 17.6 Å². The predicted molar refractivity (Wildman–Crippen MR) is 107 cm³/mol. The Morgan fingerprint density at radius 2 is 1.96 bits per heavy atom. The second kappa shape index (κ2) is 8.53. The molecular weight excluding hydrogens is 374 g/mol. The number of aromatic nitrogens is 1. The van der Waals surface area contributed by atoms with Gasteiger partial charge < -0.3 is 14.8 Å². The van der Waals surface area contributed by atoms with Crippen molar-refractivity contribution in [2.24, 2.45) is 0 Å². The fraction of sp³-hybridized carbons (Fsp3) is 0.381. The van der Waals surface area contributed by atoms with Gasteiger partial charge in [0.15, 0.2) is 11.5 Å². The number of hydrogen-bond acceptors (Lipinski definition) is 6. The molecule has 1 aromatic carbocycles. The molecule has 0 fully saturated rings. The number of nitrogens with zero attached hydrogens (tertiary/aromatic N) is 2. The second-order valence-corrected chi connectivity index (χ2v) is 7.84.